The fraction of sp³-hybridized carbons (Fsp3) is 0.190. The van der Waals surface area contributed by atoms with Crippen molar-refractivity contribution in [1.82, 2.24) is 14.9 Å². The van der Waals surface area contributed by atoms with Crippen molar-refractivity contribution in [2.45, 2.75) is 20.0 Å². The van der Waals surface area contributed by atoms with E-state index in [9.17, 15) is 9.18 Å². The van der Waals surface area contributed by atoms with Crippen molar-refractivity contribution in [2.75, 3.05) is 11.9 Å². The molecule has 0 atom stereocenters. The van der Waals surface area contributed by atoms with Crippen molar-refractivity contribution in [3.8, 4) is 0 Å². The molecule has 0 fully saturated rings. The van der Waals surface area contributed by atoms with Crippen LogP contribution in [0, 0.1) is 5.82 Å². The van der Waals surface area contributed by atoms with E-state index in [1.807, 2.05) is 37.3 Å². The summed E-state index contributed by atoms with van der Waals surface area (Å²) in [5, 5.41) is 3.01. The molecule has 3 aromatic rings. The highest BCUT2D eigenvalue weighted by Gasteiger charge is 2.16. The smallest absolute Gasteiger partial charge is 0.274 e. The van der Waals surface area contributed by atoms with Gasteiger partial charge in [-0.25, -0.2) is 14.4 Å². The molecular weight excluding hydrogens is 343 g/mol. The number of carbonyl (C=O) groups is 1. The molecule has 0 aliphatic rings. The van der Waals surface area contributed by atoms with Crippen LogP contribution in [0.1, 0.15) is 28.5 Å². The van der Waals surface area contributed by atoms with Crippen LogP contribution in [0.5, 0.6) is 0 Å². The van der Waals surface area contributed by atoms with Gasteiger partial charge in [0.25, 0.3) is 5.91 Å². The van der Waals surface area contributed by atoms with Gasteiger partial charge in [-0.2, -0.15) is 0 Å². The Bertz CT molecular complexity index is 884. The zero-order chi connectivity index (χ0) is 19.1. The van der Waals surface area contributed by atoms with E-state index >= 15 is 0 Å². The van der Waals surface area contributed by atoms with Gasteiger partial charge in [0, 0.05) is 25.2 Å². The Morgan fingerprint density at radius 1 is 1.04 bits per heavy atom. The summed E-state index contributed by atoms with van der Waals surface area (Å²) in [5.41, 5.74) is 1.88. The van der Waals surface area contributed by atoms with Gasteiger partial charge < -0.3 is 10.2 Å². The van der Waals surface area contributed by atoms with E-state index in [2.05, 4.69) is 15.3 Å². The van der Waals surface area contributed by atoms with E-state index < -0.39 is 0 Å². The summed E-state index contributed by atoms with van der Waals surface area (Å²) in [6.45, 7) is 3.32. The number of anilines is 1. The van der Waals surface area contributed by atoms with Gasteiger partial charge in [-0.3, -0.25) is 4.79 Å². The van der Waals surface area contributed by atoms with Gasteiger partial charge in [-0.05, 0) is 18.6 Å². The number of benzene rings is 2. The van der Waals surface area contributed by atoms with Crippen LogP contribution in [0.3, 0.4) is 0 Å². The summed E-state index contributed by atoms with van der Waals surface area (Å²) >= 11 is 0. The molecule has 3 rings (SSSR count). The van der Waals surface area contributed by atoms with Gasteiger partial charge >= 0.3 is 0 Å². The number of nitrogens with one attached hydrogen (secondary N) is 1. The van der Waals surface area contributed by atoms with Crippen LogP contribution in [0.4, 0.5) is 10.2 Å². The zero-order valence-corrected chi connectivity index (χ0v) is 15.1. The summed E-state index contributed by atoms with van der Waals surface area (Å²) in [5.74, 6) is 0.0414. The van der Waals surface area contributed by atoms with Crippen molar-refractivity contribution in [3.63, 3.8) is 0 Å². The lowest BCUT2D eigenvalue weighted by atomic mass is 10.2. The largest absolute Gasteiger partial charge is 0.365 e. The number of nitrogens with zero attached hydrogens (tertiary/aromatic N) is 3. The number of carbonyl (C=O) groups excluding carboxylic acids is 1. The van der Waals surface area contributed by atoms with Crippen molar-refractivity contribution < 1.29 is 9.18 Å². The molecular formula is C21H21FN4O. The molecule has 138 valence electrons. The Labute approximate surface area is 157 Å². The van der Waals surface area contributed by atoms with Gasteiger partial charge in [0.15, 0.2) is 0 Å². The van der Waals surface area contributed by atoms with Crippen LogP contribution in [-0.4, -0.2) is 27.3 Å². The first-order valence-electron chi connectivity index (χ1n) is 8.80. The molecule has 0 aliphatic carbocycles. The number of rotatable bonds is 7. The highest BCUT2D eigenvalue weighted by Crippen LogP contribution is 2.11. The minimum absolute atomic E-state index is 0.172. The average molecular weight is 364 g/mol. The number of halogens is 1. The fourth-order valence-corrected chi connectivity index (χ4v) is 2.65. The lowest BCUT2D eigenvalue weighted by Gasteiger charge is -2.20. The van der Waals surface area contributed by atoms with Crippen LogP contribution >= 0.6 is 0 Å². The van der Waals surface area contributed by atoms with Crippen LogP contribution in [0.25, 0.3) is 0 Å². The normalized spacial score (nSPS) is 10.4. The third-order valence-corrected chi connectivity index (χ3v) is 4.17. The zero-order valence-electron chi connectivity index (χ0n) is 15.1. The summed E-state index contributed by atoms with van der Waals surface area (Å²) in [7, 11) is 0. The van der Waals surface area contributed by atoms with E-state index in [0.29, 0.717) is 31.0 Å². The fourth-order valence-electron chi connectivity index (χ4n) is 2.65. The van der Waals surface area contributed by atoms with Crippen LogP contribution < -0.4 is 5.32 Å². The molecule has 6 heteroatoms. The van der Waals surface area contributed by atoms with E-state index in [-0.39, 0.29) is 17.4 Å². The molecule has 1 N–H and O–H groups in total. The summed E-state index contributed by atoms with van der Waals surface area (Å²) in [6, 6.07) is 16.3. The minimum atomic E-state index is -0.274. The topological polar surface area (TPSA) is 58.1 Å². The van der Waals surface area contributed by atoms with Gasteiger partial charge in [-0.15, -0.1) is 0 Å². The molecule has 1 heterocycles. The first-order chi connectivity index (χ1) is 13.2. The Morgan fingerprint density at radius 3 is 2.44 bits per heavy atom. The van der Waals surface area contributed by atoms with E-state index in [4.69, 9.17) is 0 Å². The molecule has 1 aromatic heterocycles. The second-order valence-corrected chi connectivity index (χ2v) is 6.04. The van der Waals surface area contributed by atoms with Crippen LogP contribution in [0.2, 0.25) is 0 Å². The predicted octanol–water partition coefficient (Wildman–Crippen LogP) is 3.89. The molecule has 0 saturated heterocycles. The number of hydrogen-bond donors (Lipinski definition) is 1. The van der Waals surface area contributed by atoms with Gasteiger partial charge in [0.1, 0.15) is 17.3 Å². The second-order valence-electron chi connectivity index (χ2n) is 6.04. The SMILES string of the molecule is CCN(Cc1ccccc1)C(=O)c1cnc(NCc2ccccc2F)cn1. The maximum absolute atomic E-state index is 13.6. The van der Waals surface area contributed by atoms with Crippen molar-refractivity contribution in [2.24, 2.45) is 0 Å². The van der Waals surface area contributed by atoms with E-state index in [1.54, 1.807) is 23.1 Å². The Balaban J connectivity index is 1.63. The monoisotopic (exact) mass is 364 g/mol. The average Bonchev–Trinajstić information content (AvgIpc) is 2.72. The number of aromatic nitrogens is 2. The van der Waals surface area contributed by atoms with Crippen molar-refractivity contribution in [3.05, 3.63) is 89.6 Å². The third kappa shape index (κ3) is 4.88. The van der Waals surface area contributed by atoms with E-state index in [1.165, 1.54) is 18.5 Å². The molecule has 0 spiro atoms. The highest BCUT2D eigenvalue weighted by atomic mass is 19.1. The van der Waals surface area contributed by atoms with E-state index in [0.717, 1.165) is 5.56 Å². The Morgan fingerprint density at radius 2 is 1.78 bits per heavy atom. The molecule has 0 aliphatic heterocycles. The lowest BCUT2D eigenvalue weighted by Crippen LogP contribution is -2.31. The van der Waals surface area contributed by atoms with Gasteiger partial charge in [0.05, 0.1) is 12.4 Å². The van der Waals surface area contributed by atoms with Gasteiger partial charge in [-0.1, -0.05) is 48.5 Å². The van der Waals surface area contributed by atoms with Gasteiger partial charge in [0.2, 0.25) is 0 Å². The molecule has 1 amide bonds. The molecule has 0 bridgehead atoms. The molecule has 2 aromatic carbocycles. The molecule has 27 heavy (non-hydrogen) atoms. The molecule has 0 radical (unpaired) electrons. The maximum Gasteiger partial charge on any atom is 0.274 e. The number of amides is 1. The first-order valence-corrected chi connectivity index (χ1v) is 8.80. The third-order valence-electron chi connectivity index (χ3n) is 4.17. The van der Waals surface area contributed by atoms with Crippen molar-refractivity contribution in [1.29, 1.82) is 0 Å². The standard InChI is InChI=1S/C21H21FN4O/c1-2-26(15-16-8-4-3-5-9-16)21(27)19-13-25-20(14-23-19)24-12-17-10-6-7-11-18(17)22/h3-11,13-14H,2,12,15H2,1H3,(H,24,25). The second kappa shape index (κ2) is 8.89. The summed E-state index contributed by atoms with van der Waals surface area (Å²) < 4.78 is 13.6. The molecule has 5 nitrogen and oxygen atoms in total. The summed E-state index contributed by atoms with van der Waals surface area (Å²) in [4.78, 5) is 22.8. The predicted molar refractivity (Wildman–Crippen MR) is 103 cm³/mol. The van der Waals surface area contributed by atoms with Crippen LogP contribution in [-0.2, 0) is 13.1 Å². The Hall–Kier alpha value is -3.28. The molecule has 0 saturated carbocycles. The highest BCUT2D eigenvalue weighted by molar-refractivity contribution is 5.92. The van der Waals surface area contributed by atoms with Crippen molar-refractivity contribution >= 4 is 11.7 Å². The lowest BCUT2D eigenvalue weighted by molar-refractivity contribution is 0.0746. The van der Waals surface area contributed by atoms with Crippen LogP contribution in [0.15, 0.2) is 67.0 Å². The minimum Gasteiger partial charge on any atom is -0.365 e. The maximum atomic E-state index is 13.6. The Kier molecular flexibility index (Phi) is 6.10. The summed E-state index contributed by atoms with van der Waals surface area (Å²) in [6.07, 6.45) is 2.93. The molecule has 0 unspecified atom stereocenters. The number of hydrogen-bond acceptors (Lipinski definition) is 4. The quantitative estimate of drug-likeness (QED) is 0.691. The first kappa shape index (κ1) is 18.5.